The Morgan fingerprint density at radius 3 is 2.74 bits per heavy atom. The molecule has 2 aliphatic rings. The Morgan fingerprint density at radius 1 is 1.23 bits per heavy atom. The first-order valence-electron chi connectivity index (χ1n) is 11.9. The standard InChI is InChI=1S/C23H29N9O2S/c1-15-11-22(31-30-15)28-21-14-20-19(7-3-9-25-20)23(29-21)27-16-12-17-5-2-6-18(13-16)32(17)35(33,34)26-10-4-8-24/h3,7,9,11,14,16-18,26H,2,4-6,10,12-13H2,1H3,(H3,27,28,29,30,31)/t16-,17-,18+. The zero-order valence-corrected chi connectivity index (χ0v) is 20.3. The minimum atomic E-state index is -3.63. The van der Waals surface area contributed by atoms with Gasteiger partial charge in [-0.05, 0) is 44.7 Å². The molecule has 0 unspecified atom stereocenters. The minimum Gasteiger partial charge on any atom is -0.367 e. The van der Waals surface area contributed by atoms with E-state index in [1.54, 1.807) is 10.5 Å². The predicted octanol–water partition coefficient (Wildman–Crippen LogP) is 2.95. The van der Waals surface area contributed by atoms with Gasteiger partial charge in [0.25, 0.3) is 10.2 Å². The van der Waals surface area contributed by atoms with Crippen molar-refractivity contribution in [1.82, 2.24) is 29.2 Å². The molecule has 2 aliphatic heterocycles. The third-order valence-electron chi connectivity index (χ3n) is 6.61. The molecule has 2 fully saturated rings. The number of piperidine rings is 2. The normalized spacial score (nSPS) is 22.6. The summed E-state index contributed by atoms with van der Waals surface area (Å²) in [6, 6.07) is 9.56. The van der Waals surface area contributed by atoms with E-state index in [4.69, 9.17) is 10.2 Å². The van der Waals surface area contributed by atoms with Crippen molar-refractivity contribution in [3.8, 4) is 6.07 Å². The molecular weight excluding hydrogens is 466 g/mol. The van der Waals surface area contributed by atoms with Gasteiger partial charge < -0.3 is 10.6 Å². The van der Waals surface area contributed by atoms with E-state index >= 15 is 0 Å². The first-order chi connectivity index (χ1) is 16.9. The minimum absolute atomic E-state index is 0.0784. The highest BCUT2D eigenvalue weighted by atomic mass is 32.2. The van der Waals surface area contributed by atoms with Crippen LogP contribution in [0.1, 0.15) is 44.2 Å². The lowest BCUT2D eigenvalue weighted by atomic mass is 9.84. The van der Waals surface area contributed by atoms with Gasteiger partial charge in [-0.3, -0.25) is 10.1 Å². The van der Waals surface area contributed by atoms with Gasteiger partial charge in [0, 0.05) is 60.5 Å². The molecule has 5 heterocycles. The summed E-state index contributed by atoms with van der Waals surface area (Å²) in [5.41, 5.74) is 1.75. The molecule has 11 nitrogen and oxygen atoms in total. The maximum atomic E-state index is 13.0. The van der Waals surface area contributed by atoms with Crippen molar-refractivity contribution >= 4 is 38.6 Å². The molecule has 0 saturated carbocycles. The molecule has 35 heavy (non-hydrogen) atoms. The molecule has 3 atom stereocenters. The number of fused-ring (bicyclic) bond motifs is 3. The van der Waals surface area contributed by atoms with Gasteiger partial charge in [-0.1, -0.05) is 6.42 Å². The van der Waals surface area contributed by atoms with Gasteiger partial charge in [0.15, 0.2) is 5.82 Å². The fourth-order valence-corrected chi connectivity index (χ4v) is 6.89. The smallest absolute Gasteiger partial charge is 0.279 e. The number of nitriles is 1. The second kappa shape index (κ2) is 9.77. The molecule has 0 radical (unpaired) electrons. The molecule has 3 aromatic heterocycles. The molecule has 2 saturated heterocycles. The summed E-state index contributed by atoms with van der Waals surface area (Å²) >= 11 is 0. The van der Waals surface area contributed by atoms with E-state index in [-0.39, 0.29) is 31.1 Å². The fraction of sp³-hybridized carbons (Fsp3) is 0.478. The highest BCUT2D eigenvalue weighted by Crippen LogP contribution is 2.37. The summed E-state index contributed by atoms with van der Waals surface area (Å²) in [4.78, 5) is 9.33. The average molecular weight is 496 g/mol. The monoisotopic (exact) mass is 495 g/mol. The average Bonchev–Trinajstić information content (AvgIpc) is 3.23. The van der Waals surface area contributed by atoms with Crippen LogP contribution in [0.25, 0.3) is 10.9 Å². The van der Waals surface area contributed by atoms with E-state index in [0.29, 0.717) is 24.5 Å². The lowest BCUT2D eigenvalue weighted by molar-refractivity contribution is 0.114. The number of H-pyrrole nitrogens is 1. The van der Waals surface area contributed by atoms with E-state index in [2.05, 4.69) is 30.5 Å². The van der Waals surface area contributed by atoms with Gasteiger partial charge in [-0.2, -0.15) is 23.1 Å². The predicted molar refractivity (Wildman–Crippen MR) is 133 cm³/mol. The molecular formula is C23H29N9O2S. The zero-order chi connectivity index (χ0) is 24.4. The number of aromatic amines is 1. The van der Waals surface area contributed by atoms with Gasteiger partial charge in [0.05, 0.1) is 11.6 Å². The summed E-state index contributed by atoms with van der Waals surface area (Å²) < 4.78 is 30.2. The SMILES string of the molecule is Cc1cc(Nc2cc3ncccc3c(N[C@@H]3C[C@H]4CCC[C@@H](C3)N4S(=O)(=O)NCCC#N)n2)n[nH]1. The van der Waals surface area contributed by atoms with Crippen molar-refractivity contribution in [2.75, 3.05) is 17.2 Å². The number of hydrogen-bond acceptors (Lipinski definition) is 8. The molecule has 3 aromatic rings. The number of aryl methyl sites for hydroxylation is 1. The van der Waals surface area contributed by atoms with Crippen LogP contribution in [0.3, 0.4) is 0 Å². The van der Waals surface area contributed by atoms with Crippen molar-refractivity contribution < 1.29 is 8.42 Å². The van der Waals surface area contributed by atoms with Gasteiger partial charge in [0.2, 0.25) is 0 Å². The Hall–Kier alpha value is -3.27. The van der Waals surface area contributed by atoms with E-state index in [0.717, 1.165) is 41.7 Å². The number of aromatic nitrogens is 4. The van der Waals surface area contributed by atoms with Crippen LogP contribution in [-0.2, 0) is 10.2 Å². The summed E-state index contributed by atoms with van der Waals surface area (Å²) in [6.45, 7) is 2.07. The van der Waals surface area contributed by atoms with Crippen LogP contribution >= 0.6 is 0 Å². The maximum absolute atomic E-state index is 13.0. The first kappa shape index (κ1) is 23.5. The van der Waals surface area contributed by atoms with E-state index in [1.165, 1.54) is 0 Å². The Kier molecular flexibility index (Phi) is 6.55. The van der Waals surface area contributed by atoms with Gasteiger partial charge in [-0.25, -0.2) is 9.71 Å². The van der Waals surface area contributed by atoms with Gasteiger partial charge >= 0.3 is 0 Å². The number of pyridine rings is 2. The van der Waals surface area contributed by atoms with E-state index in [1.807, 2.05) is 37.3 Å². The fourth-order valence-electron chi connectivity index (χ4n) is 5.22. The van der Waals surface area contributed by atoms with Crippen LogP contribution in [0, 0.1) is 18.3 Å². The highest BCUT2D eigenvalue weighted by Gasteiger charge is 2.44. The third-order valence-corrected chi connectivity index (χ3v) is 8.33. The summed E-state index contributed by atoms with van der Waals surface area (Å²) in [7, 11) is -3.63. The van der Waals surface area contributed by atoms with Crippen molar-refractivity contribution in [2.24, 2.45) is 0 Å². The first-order valence-corrected chi connectivity index (χ1v) is 13.3. The second-order valence-electron chi connectivity index (χ2n) is 9.18. The quantitative estimate of drug-likeness (QED) is 0.348. The Labute approximate surface area is 204 Å². The second-order valence-corrected chi connectivity index (χ2v) is 10.8. The van der Waals surface area contributed by atoms with Crippen molar-refractivity contribution in [2.45, 2.75) is 63.6 Å². The van der Waals surface area contributed by atoms with Crippen LogP contribution in [0.5, 0.6) is 0 Å². The molecule has 2 bridgehead atoms. The molecule has 5 rings (SSSR count). The van der Waals surface area contributed by atoms with Crippen molar-refractivity contribution in [3.63, 3.8) is 0 Å². The maximum Gasteiger partial charge on any atom is 0.279 e. The van der Waals surface area contributed by atoms with E-state index < -0.39 is 10.2 Å². The van der Waals surface area contributed by atoms with Gasteiger partial charge in [-0.15, -0.1) is 0 Å². The highest BCUT2D eigenvalue weighted by molar-refractivity contribution is 7.87. The molecule has 184 valence electrons. The number of anilines is 3. The molecule has 12 heteroatoms. The molecule has 0 aromatic carbocycles. The molecule has 0 amide bonds. The molecule has 0 aliphatic carbocycles. The van der Waals surface area contributed by atoms with Crippen molar-refractivity contribution in [3.05, 3.63) is 36.2 Å². The number of rotatable bonds is 8. The van der Waals surface area contributed by atoms with Crippen LogP contribution in [-0.4, -0.2) is 57.6 Å². The van der Waals surface area contributed by atoms with E-state index in [9.17, 15) is 8.42 Å². The Morgan fingerprint density at radius 2 is 2.03 bits per heavy atom. The van der Waals surface area contributed by atoms with Crippen molar-refractivity contribution in [1.29, 1.82) is 5.26 Å². The van der Waals surface area contributed by atoms with Crippen LogP contribution in [0.4, 0.5) is 17.5 Å². The third kappa shape index (κ3) is 5.07. The number of hydrogen-bond donors (Lipinski definition) is 4. The lowest BCUT2D eigenvalue weighted by Gasteiger charge is -2.47. The Bertz CT molecular complexity index is 1340. The summed E-state index contributed by atoms with van der Waals surface area (Å²) in [5, 5.41) is 23.7. The van der Waals surface area contributed by atoms with Crippen LogP contribution in [0.15, 0.2) is 30.5 Å². The lowest BCUT2D eigenvalue weighted by Crippen LogP contribution is -2.59. The van der Waals surface area contributed by atoms with Crippen LogP contribution in [0.2, 0.25) is 0 Å². The number of nitrogens with zero attached hydrogens (tertiary/aromatic N) is 5. The number of nitrogens with one attached hydrogen (secondary N) is 4. The largest absolute Gasteiger partial charge is 0.367 e. The summed E-state index contributed by atoms with van der Waals surface area (Å²) in [5.74, 6) is 2.03. The summed E-state index contributed by atoms with van der Waals surface area (Å²) in [6.07, 6.45) is 5.95. The molecule has 4 N–H and O–H groups in total. The zero-order valence-electron chi connectivity index (χ0n) is 19.5. The topological polar surface area (TPSA) is 152 Å². The van der Waals surface area contributed by atoms with Gasteiger partial charge in [0.1, 0.15) is 11.6 Å². The van der Waals surface area contributed by atoms with Crippen LogP contribution < -0.4 is 15.4 Å². The molecule has 0 spiro atoms. The Balaban J connectivity index is 1.37.